The van der Waals surface area contributed by atoms with Gasteiger partial charge in [-0.25, -0.2) is 0 Å². The van der Waals surface area contributed by atoms with Crippen LogP contribution >= 0.6 is 23.2 Å². The zero-order valence-corrected chi connectivity index (χ0v) is 7.73. The van der Waals surface area contributed by atoms with Gasteiger partial charge in [-0.3, -0.25) is 0 Å². The summed E-state index contributed by atoms with van der Waals surface area (Å²) >= 11 is 11.7. The van der Waals surface area contributed by atoms with E-state index in [1.807, 2.05) is 38.2 Å². The molecule has 2 atom stereocenters. The number of rotatable bonds is 3. The summed E-state index contributed by atoms with van der Waals surface area (Å²) in [4.78, 5) is 0. The average molecular weight is 179 g/mol. The molecule has 0 aliphatic heterocycles. The highest BCUT2D eigenvalue weighted by atomic mass is 35.5. The minimum atomic E-state index is -0.0946. The van der Waals surface area contributed by atoms with E-state index < -0.39 is 0 Å². The molecule has 0 amide bonds. The lowest BCUT2D eigenvalue weighted by Crippen LogP contribution is -2.08. The van der Waals surface area contributed by atoms with Crippen molar-refractivity contribution in [1.82, 2.24) is 0 Å². The molecule has 2 unspecified atom stereocenters. The van der Waals surface area contributed by atoms with Gasteiger partial charge in [-0.2, -0.15) is 0 Å². The molecule has 10 heavy (non-hydrogen) atoms. The van der Waals surface area contributed by atoms with Crippen LogP contribution < -0.4 is 0 Å². The molecule has 0 saturated heterocycles. The molecule has 58 valence electrons. The van der Waals surface area contributed by atoms with E-state index in [4.69, 9.17) is 23.2 Å². The highest BCUT2D eigenvalue weighted by Gasteiger charge is 2.07. The van der Waals surface area contributed by atoms with Gasteiger partial charge < -0.3 is 0 Å². The smallest absolute Gasteiger partial charge is 0.0715 e. The molecule has 0 saturated carbocycles. The van der Waals surface area contributed by atoms with E-state index in [2.05, 4.69) is 0 Å². The fourth-order valence-corrected chi connectivity index (χ4v) is 1.04. The predicted octanol–water partition coefficient (Wildman–Crippen LogP) is 3.35. The first-order chi connectivity index (χ1) is 4.72. The highest BCUT2D eigenvalue weighted by Crippen LogP contribution is 2.12. The minimum absolute atomic E-state index is 0.0946. The fourth-order valence-electron chi connectivity index (χ4n) is 0.580. The van der Waals surface area contributed by atoms with Crippen LogP contribution in [-0.4, -0.2) is 10.8 Å². The minimum Gasteiger partial charge on any atom is -0.117 e. The van der Waals surface area contributed by atoms with Crippen LogP contribution in [0.5, 0.6) is 0 Å². The lowest BCUT2D eigenvalue weighted by molar-refractivity contribution is 1.06. The molecule has 0 N–H and O–H groups in total. The summed E-state index contributed by atoms with van der Waals surface area (Å²) in [5, 5.41) is -0.189. The van der Waals surface area contributed by atoms with Crippen molar-refractivity contribution in [3.8, 4) is 0 Å². The van der Waals surface area contributed by atoms with Crippen LogP contribution in [0.25, 0.3) is 0 Å². The summed E-state index contributed by atoms with van der Waals surface area (Å²) in [5.41, 5.74) is 0. The zero-order chi connectivity index (χ0) is 7.98. The van der Waals surface area contributed by atoms with Crippen molar-refractivity contribution < 1.29 is 0 Å². The second kappa shape index (κ2) is 5.82. The van der Waals surface area contributed by atoms with Gasteiger partial charge in [0, 0.05) is 0 Å². The lowest BCUT2D eigenvalue weighted by atomic mass is 10.2. The SMILES string of the molecule is CC=CC(Cl)C(Cl)/C=C/C. The van der Waals surface area contributed by atoms with Crippen LogP contribution in [0.2, 0.25) is 0 Å². The Balaban J connectivity index is 3.81. The normalized spacial score (nSPS) is 18.4. The molecule has 2 heteroatoms. The monoisotopic (exact) mass is 178 g/mol. The van der Waals surface area contributed by atoms with Crippen molar-refractivity contribution in [3.63, 3.8) is 0 Å². The topological polar surface area (TPSA) is 0 Å². The van der Waals surface area contributed by atoms with E-state index in [9.17, 15) is 0 Å². The van der Waals surface area contributed by atoms with Crippen molar-refractivity contribution in [3.05, 3.63) is 24.3 Å². The molecule has 0 rings (SSSR count). The zero-order valence-electron chi connectivity index (χ0n) is 6.22. The lowest BCUT2D eigenvalue weighted by Gasteiger charge is -2.05. The summed E-state index contributed by atoms with van der Waals surface area (Å²) in [6.45, 7) is 3.85. The maximum absolute atomic E-state index is 5.84. The van der Waals surface area contributed by atoms with Crippen LogP contribution in [0.15, 0.2) is 24.3 Å². The summed E-state index contributed by atoms with van der Waals surface area (Å²) in [6, 6.07) is 0. The maximum atomic E-state index is 5.84. The largest absolute Gasteiger partial charge is 0.117 e. The highest BCUT2D eigenvalue weighted by molar-refractivity contribution is 6.31. The van der Waals surface area contributed by atoms with Crippen LogP contribution in [-0.2, 0) is 0 Å². The molecule has 0 aromatic carbocycles. The van der Waals surface area contributed by atoms with Crippen LogP contribution in [0.3, 0.4) is 0 Å². The third kappa shape index (κ3) is 3.97. The summed E-state index contributed by atoms with van der Waals surface area (Å²) in [7, 11) is 0. The molecule has 0 aliphatic rings. The van der Waals surface area contributed by atoms with E-state index in [0.717, 1.165) is 0 Å². The molecular formula is C8H12Cl2. The van der Waals surface area contributed by atoms with Crippen molar-refractivity contribution in [2.75, 3.05) is 0 Å². The Morgan fingerprint density at radius 2 is 1.20 bits per heavy atom. The first-order valence-electron chi connectivity index (χ1n) is 3.26. The number of hydrogen-bond donors (Lipinski definition) is 0. The Hall–Kier alpha value is 0.0600. The average Bonchev–Trinajstić information content (AvgIpc) is 1.89. The van der Waals surface area contributed by atoms with Crippen LogP contribution in [0, 0.1) is 0 Å². The van der Waals surface area contributed by atoms with Gasteiger partial charge in [-0.15, -0.1) is 23.2 Å². The van der Waals surface area contributed by atoms with Gasteiger partial charge >= 0.3 is 0 Å². The molecule has 0 fully saturated rings. The van der Waals surface area contributed by atoms with E-state index in [1.54, 1.807) is 0 Å². The first-order valence-corrected chi connectivity index (χ1v) is 4.13. The van der Waals surface area contributed by atoms with Crippen molar-refractivity contribution in [1.29, 1.82) is 0 Å². The Kier molecular flexibility index (Phi) is 5.85. The second-order valence-electron chi connectivity index (χ2n) is 1.94. The predicted molar refractivity (Wildman–Crippen MR) is 48.9 cm³/mol. The number of alkyl halides is 2. The van der Waals surface area contributed by atoms with Crippen LogP contribution in [0.1, 0.15) is 13.8 Å². The third-order valence-electron chi connectivity index (χ3n) is 1.06. The van der Waals surface area contributed by atoms with Crippen LogP contribution in [0.4, 0.5) is 0 Å². The number of hydrogen-bond acceptors (Lipinski definition) is 0. The van der Waals surface area contributed by atoms with Gasteiger partial charge in [0.2, 0.25) is 0 Å². The molecule has 0 aliphatic carbocycles. The molecular weight excluding hydrogens is 167 g/mol. The van der Waals surface area contributed by atoms with Crippen molar-refractivity contribution in [2.45, 2.75) is 24.6 Å². The van der Waals surface area contributed by atoms with Crippen molar-refractivity contribution >= 4 is 23.2 Å². The molecule has 0 heterocycles. The summed E-state index contributed by atoms with van der Waals surface area (Å²) in [6.07, 6.45) is 7.55. The Morgan fingerprint density at radius 1 is 0.900 bits per heavy atom. The second-order valence-corrected chi connectivity index (χ2v) is 2.95. The maximum Gasteiger partial charge on any atom is 0.0715 e. The van der Waals surface area contributed by atoms with E-state index >= 15 is 0 Å². The first kappa shape index (κ1) is 10.1. The van der Waals surface area contributed by atoms with Gasteiger partial charge in [0.1, 0.15) is 0 Å². The molecule has 0 aromatic heterocycles. The Labute approximate surface area is 72.5 Å². The number of allylic oxidation sites excluding steroid dienone is 4. The summed E-state index contributed by atoms with van der Waals surface area (Å²) < 4.78 is 0. The fraction of sp³-hybridized carbons (Fsp3) is 0.500. The molecule has 0 bridgehead atoms. The molecule has 0 radical (unpaired) electrons. The number of halogens is 2. The van der Waals surface area contributed by atoms with Crippen molar-refractivity contribution in [2.24, 2.45) is 0 Å². The standard InChI is InChI=1S/C8H12Cl2/c1-3-5-7(9)8(10)6-4-2/h3-8H,1-2H3/b5-3+,6-4?. The van der Waals surface area contributed by atoms with Gasteiger partial charge in [-0.05, 0) is 13.8 Å². The van der Waals surface area contributed by atoms with Gasteiger partial charge in [0.05, 0.1) is 10.8 Å². The molecule has 0 spiro atoms. The summed E-state index contributed by atoms with van der Waals surface area (Å²) in [5.74, 6) is 0. The Morgan fingerprint density at radius 3 is 1.40 bits per heavy atom. The Bertz CT molecular complexity index is 111. The molecule has 0 aromatic rings. The third-order valence-corrected chi connectivity index (χ3v) is 2.02. The molecule has 0 nitrogen and oxygen atoms in total. The van der Waals surface area contributed by atoms with E-state index in [1.165, 1.54) is 0 Å². The van der Waals surface area contributed by atoms with E-state index in [0.29, 0.717) is 0 Å². The van der Waals surface area contributed by atoms with E-state index in [-0.39, 0.29) is 10.8 Å². The van der Waals surface area contributed by atoms with Gasteiger partial charge in [0.25, 0.3) is 0 Å². The van der Waals surface area contributed by atoms with Gasteiger partial charge in [-0.1, -0.05) is 24.3 Å². The quantitative estimate of drug-likeness (QED) is 0.460. The van der Waals surface area contributed by atoms with Gasteiger partial charge in [0.15, 0.2) is 0 Å².